The molecule has 0 aliphatic carbocycles. The van der Waals surface area contributed by atoms with Crippen LogP contribution in [0.4, 0.5) is 4.39 Å². The van der Waals surface area contributed by atoms with Crippen molar-refractivity contribution in [2.24, 2.45) is 0 Å². The standard InChI is InChI=1S/C11H11FO2/c12-9-3-4-10(8(6-9)7-13)11-2-1-5-14-11/h2-4,6,13H,1,5,7H2. The SMILES string of the molecule is OCc1cc(F)ccc1C1=CCCO1. The second-order valence-electron chi connectivity index (χ2n) is 3.17. The first-order valence-corrected chi connectivity index (χ1v) is 4.54. The van der Waals surface area contributed by atoms with Crippen molar-refractivity contribution in [1.29, 1.82) is 0 Å². The summed E-state index contributed by atoms with van der Waals surface area (Å²) in [4.78, 5) is 0. The van der Waals surface area contributed by atoms with Gasteiger partial charge in [0, 0.05) is 12.0 Å². The molecule has 1 aliphatic rings. The molecule has 3 heteroatoms. The Balaban J connectivity index is 2.41. The van der Waals surface area contributed by atoms with Crippen LogP contribution >= 0.6 is 0 Å². The number of hydrogen-bond acceptors (Lipinski definition) is 2. The third-order valence-corrected chi connectivity index (χ3v) is 2.21. The molecule has 0 atom stereocenters. The minimum absolute atomic E-state index is 0.173. The fourth-order valence-corrected chi connectivity index (χ4v) is 1.54. The van der Waals surface area contributed by atoms with Crippen LogP contribution in [0.1, 0.15) is 17.5 Å². The van der Waals surface area contributed by atoms with E-state index in [0.29, 0.717) is 12.2 Å². The van der Waals surface area contributed by atoms with Gasteiger partial charge in [-0.3, -0.25) is 0 Å². The van der Waals surface area contributed by atoms with Crippen molar-refractivity contribution in [3.63, 3.8) is 0 Å². The Kier molecular flexibility index (Phi) is 2.50. The molecule has 1 N–H and O–H groups in total. The number of hydrogen-bond donors (Lipinski definition) is 1. The highest BCUT2D eigenvalue weighted by atomic mass is 19.1. The average Bonchev–Trinajstić information content (AvgIpc) is 2.70. The smallest absolute Gasteiger partial charge is 0.123 e. The van der Waals surface area contributed by atoms with Crippen LogP contribution in [-0.4, -0.2) is 11.7 Å². The molecule has 1 heterocycles. The Hall–Kier alpha value is -1.35. The maximum Gasteiger partial charge on any atom is 0.123 e. The van der Waals surface area contributed by atoms with Crippen molar-refractivity contribution in [2.45, 2.75) is 13.0 Å². The summed E-state index contributed by atoms with van der Waals surface area (Å²) in [6, 6.07) is 4.34. The van der Waals surface area contributed by atoms with E-state index in [1.54, 1.807) is 6.07 Å². The van der Waals surface area contributed by atoms with Gasteiger partial charge in [-0.2, -0.15) is 0 Å². The Morgan fingerprint density at radius 1 is 1.43 bits per heavy atom. The molecule has 0 unspecified atom stereocenters. The van der Waals surface area contributed by atoms with E-state index in [-0.39, 0.29) is 12.4 Å². The first kappa shape index (κ1) is 9.21. The van der Waals surface area contributed by atoms with E-state index in [0.717, 1.165) is 17.7 Å². The van der Waals surface area contributed by atoms with E-state index in [1.807, 2.05) is 6.08 Å². The van der Waals surface area contributed by atoms with Crippen molar-refractivity contribution in [3.8, 4) is 0 Å². The summed E-state index contributed by atoms with van der Waals surface area (Å²) < 4.78 is 18.2. The molecular weight excluding hydrogens is 183 g/mol. The molecule has 1 aromatic carbocycles. The van der Waals surface area contributed by atoms with Crippen molar-refractivity contribution >= 4 is 5.76 Å². The first-order chi connectivity index (χ1) is 6.81. The lowest BCUT2D eigenvalue weighted by Gasteiger charge is -2.08. The molecule has 0 radical (unpaired) electrons. The van der Waals surface area contributed by atoms with Gasteiger partial charge >= 0.3 is 0 Å². The molecule has 0 fully saturated rings. The molecule has 0 amide bonds. The molecule has 0 spiro atoms. The molecule has 1 aliphatic heterocycles. The average molecular weight is 194 g/mol. The normalized spacial score (nSPS) is 15.1. The molecule has 2 rings (SSSR count). The molecule has 0 bridgehead atoms. The van der Waals surface area contributed by atoms with Crippen LogP contribution in [0.5, 0.6) is 0 Å². The predicted molar refractivity (Wildman–Crippen MR) is 50.9 cm³/mol. The third kappa shape index (κ3) is 1.63. The molecule has 74 valence electrons. The summed E-state index contributed by atoms with van der Waals surface area (Å²) >= 11 is 0. The number of aliphatic hydroxyl groups excluding tert-OH is 1. The minimum Gasteiger partial charge on any atom is -0.493 e. The van der Waals surface area contributed by atoms with E-state index >= 15 is 0 Å². The molecule has 1 aromatic rings. The molecule has 0 saturated heterocycles. The molecule has 14 heavy (non-hydrogen) atoms. The van der Waals surface area contributed by atoms with Gasteiger partial charge in [0.05, 0.1) is 13.2 Å². The number of rotatable bonds is 2. The highest BCUT2D eigenvalue weighted by Gasteiger charge is 2.12. The Morgan fingerprint density at radius 3 is 2.93 bits per heavy atom. The summed E-state index contributed by atoms with van der Waals surface area (Å²) in [5.41, 5.74) is 1.35. The summed E-state index contributed by atoms with van der Waals surface area (Å²) in [5, 5.41) is 9.05. The quantitative estimate of drug-likeness (QED) is 0.781. The van der Waals surface area contributed by atoms with Gasteiger partial charge in [-0.15, -0.1) is 0 Å². The number of ether oxygens (including phenoxy) is 1. The zero-order valence-corrected chi connectivity index (χ0v) is 7.66. The van der Waals surface area contributed by atoms with Gasteiger partial charge in [0.25, 0.3) is 0 Å². The lowest BCUT2D eigenvalue weighted by Crippen LogP contribution is -1.95. The van der Waals surface area contributed by atoms with E-state index in [1.165, 1.54) is 12.1 Å². The fraction of sp³-hybridized carbons (Fsp3) is 0.273. The number of benzene rings is 1. The number of halogens is 1. The molecule has 0 saturated carbocycles. The van der Waals surface area contributed by atoms with Crippen molar-refractivity contribution < 1.29 is 14.2 Å². The summed E-state index contributed by atoms with van der Waals surface area (Å²) in [6.07, 6.45) is 2.82. The van der Waals surface area contributed by atoms with E-state index < -0.39 is 0 Å². The molecule has 0 aromatic heterocycles. The van der Waals surface area contributed by atoms with Crippen LogP contribution in [-0.2, 0) is 11.3 Å². The lowest BCUT2D eigenvalue weighted by atomic mass is 10.1. The van der Waals surface area contributed by atoms with E-state index in [4.69, 9.17) is 9.84 Å². The zero-order chi connectivity index (χ0) is 9.97. The predicted octanol–water partition coefficient (Wildman–Crippen LogP) is 2.08. The summed E-state index contributed by atoms with van der Waals surface area (Å²) in [5.74, 6) is 0.408. The topological polar surface area (TPSA) is 29.5 Å². The second-order valence-corrected chi connectivity index (χ2v) is 3.17. The Labute approximate surface area is 81.6 Å². The third-order valence-electron chi connectivity index (χ3n) is 2.21. The van der Waals surface area contributed by atoms with Crippen molar-refractivity contribution in [3.05, 3.63) is 41.2 Å². The van der Waals surface area contributed by atoms with Crippen molar-refractivity contribution in [1.82, 2.24) is 0 Å². The summed E-state index contributed by atoms with van der Waals surface area (Å²) in [6.45, 7) is 0.491. The molecule has 2 nitrogen and oxygen atoms in total. The van der Waals surface area contributed by atoms with E-state index in [9.17, 15) is 4.39 Å². The van der Waals surface area contributed by atoms with Crippen LogP contribution in [0.15, 0.2) is 24.3 Å². The monoisotopic (exact) mass is 194 g/mol. The van der Waals surface area contributed by atoms with Gasteiger partial charge in [-0.25, -0.2) is 4.39 Å². The van der Waals surface area contributed by atoms with Crippen LogP contribution in [0.25, 0.3) is 5.76 Å². The van der Waals surface area contributed by atoms with Crippen LogP contribution in [0.2, 0.25) is 0 Å². The van der Waals surface area contributed by atoms with Crippen LogP contribution < -0.4 is 0 Å². The maximum atomic E-state index is 12.8. The highest BCUT2D eigenvalue weighted by Crippen LogP contribution is 2.25. The maximum absolute atomic E-state index is 12.8. The number of aliphatic hydroxyl groups is 1. The van der Waals surface area contributed by atoms with E-state index in [2.05, 4.69) is 0 Å². The van der Waals surface area contributed by atoms with Gasteiger partial charge in [0.15, 0.2) is 0 Å². The fourth-order valence-electron chi connectivity index (χ4n) is 1.54. The lowest BCUT2D eigenvalue weighted by molar-refractivity contribution is 0.277. The minimum atomic E-state index is -0.337. The Morgan fingerprint density at radius 2 is 2.29 bits per heavy atom. The Bertz CT molecular complexity index is 372. The summed E-state index contributed by atoms with van der Waals surface area (Å²) in [7, 11) is 0. The van der Waals surface area contributed by atoms with Crippen LogP contribution in [0, 0.1) is 5.82 Å². The largest absolute Gasteiger partial charge is 0.493 e. The van der Waals surface area contributed by atoms with Gasteiger partial charge in [0.2, 0.25) is 0 Å². The highest BCUT2D eigenvalue weighted by molar-refractivity contribution is 5.64. The van der Waals surface area contributed by atoms with Crippen LogP contribution in [0.3, 0.4) is 0 Å². The second kappa shape index (κ2) is 3.80. The van der Waals surface area contributed by atoms with Gasteiger partial charge < -0.3 is 9.84 Å². The zero-order valence-electron chi connectivity index (χ0n) is 7.66. The van der Waals surface area contributed by atoms with Gasteiger partial charge in [0.1, 0.15) is 11.6 Å². The first-order valence-electron chi connectivity index (χ1n) is 4.54. The van der Waals surface area contributed by atoms with Crippen molar-refractivity contribution in [2.75, 3.05) is 6.61 Å². The van der Waals surface area contributed by atoms with Gasteiger partial charge in [-0.1, -0.05) is 0 Å². The molecular formula is C11H11FO2. The van der Waals surface area contributed by atoms with Gasteiger partial charge in [-0.05, 0) is 29.8 Å².